The number of rotatable bonds is 5. The van der Waals surface area contributed by atoms with Gasteiger partial charge in [0.25, 0.3) is 0 Å². The molecule has 1 aromatic rings. The van der Waals surface area contributed by atoms with Crippen LogP contribution in [0.3, 0.4) is 0 Å². The molecule has 2 atom stereocenters. The van der Waals surface area contributed by atoms with Crippen molar-refractivity contribution in [3.05, 3.63) is 35.6 Å². The van der Waals surface area contributed by atoms with Gasteiger partial charge in [-0.15, -0.1) is 0 Å². The molecule has 1 aromatic carbocycles. The minimum Gasteiger partial charge on any atom is -0.391 e. The lowest BCUT2D eigenvalue weighted by Gasteiger charge is -2.23. The highest BCUT2D eigenvalue weighted by molar-refractivity contribution is 5.15. The molecule has 1 saturated heterocycles. The maximum absolute atomic E-state index is 12.8. The minimum atomic E-state index is -0.349. The van der Waals surface area contributed by atoms with E-state index in [2.05, 4.69) is 4.90 Å². The van der Waals surface area contributed by atoms with Crippen LogP contribution in [0.4, 0.5) is 4.39 Å². The minimum absolute atomic E-state index is 0.218. The van der Waals surface area contributed by atoms with Crippen LogP contribution in [0.5, 0.6) is 0 Å². The molecular weight excluding hydrogens is 233 g/mol. The Hall–Kier alpha value is -0.970. The molecule has 0 amide bonds. The summed E-state index contributed by atoms with van der Waals surface area (Å²) in [7, 11) is 1.96. The zero-order valence-corrected chi connectivity index (χ0v) is 10.7. The van der Waals surface area contributed by atoms with E-state index in [0.29, 0.717) is 19.7 Å². The van der Waals surface area contributed by atoms with Gasteiger partial charge in [-0.3, -0.25) is 4.90 Å². The number of hydrogen-bond donors (Lipinski definition) is 1. The van der Waals surface area contributed by atoms with Gasteiger partial charge in [0.05, 0.1) is 12.7 Å². The standard InChI is InChI=1S/C14H20FNO2/c1-16(8-11-2-4-13(15)5-3-11)9-14(17)12-6-7-18-10-12/h2-5,12,14,17H,6-10H2,1H3. The van der Waals surface area contributed by atoms with Crippen LogP contribution in [0, 0.1) is 11.7 Å². The first kappa shape index (κ1) is 13.5. The Balaban J connectivity index is 1.80. The fourth-order valence-electron chi connectivity index (χ4n) is 2.29. The monoisotopic (exact) mass is 253 g/mol. The summed E-state index contributed by atoms with van der Waals surface area (Å²) >= 11 is 0. The lowest BCUT2D eigenvalue weighted by atomic mass is 10.0. The molecule has 2 rings (SSSR count). The largest absolute Gasteiger partial charge is 0.391 e. The summed E-state index contributed by atoms with van der Waals surface area (Å²) < 4.78 is 18.0. The predicted octanol–water partition coefficient (Wildman–Crippen LogP) is 1.65. The van der Waals surface area contributed by atoms with Gasteiger partial charge in [0.1, 0.15) is 5.82 Å². The zero-order valence-electron chi connectivity index (χ0n) is 10.7. The molecule has 1 heterocycles. The first-order valence-electron chi connectivity index (χ1n) is 6.34. The van der Waals surface area contributed by atoms with Gasteiger partial charge in [0, 0.05) is 25.6 Å². The summed E-state index contributed by atoms with van der Waals surface area (Å²) in [6, 6.07) is 6.47. The number of hydrogen-bond acceptors (Lipinski definition) is 3. The quantitative estimate of drug-likeness (QED) is 0.866. The summed E-state index contributed by atoms with van der Waals surface area (Å²) in [6.45, 7) is 2.74. The maximum Gasteiger partial charge on any atom is 0.123 e. The molecule has 2 unspecified atom stereocenters. The van der Waals surface area contributed by atoms with Crippen LogP contribution in [0.2, 0.25) is 0 Å². The van der Waals surface area contributed by atoms with E-state index in [9.17, 15) is 9.50 Å². The molecule has 1 aliphatic heterocycles. The third kappa shape index (κ3) is 3.77. The van der Waals surface area contributed by atoms with Crippen molar-refractivity contribution in [2.75, 3.05) is 26.8 Å². The van der Waals surface area contributed by atoms with Crippen molar-refractivity contribution in [3.63, 3.8) is 0 Å². The number of aliphatic hydroxyl groups excluding tert-OH is 1. The van der Waals surface area contributed by atoms with Crippen LogP contribution < -0.4 is 0 Å². The van der Waals surface area contributed by atoms with E-state index in [0.717, 1.165) is 18.6 Å². The Kier molecular flexibility index (Phi) is 4.69. The van der Waals surface area contributed by atoms with E-state index in [1.165, 1.54) is 12.1 Å². The molecule has 0 aliphatic carbocycles. The third-order valence-electron chi connectivity index (χ3n) is 3.37. The van der Waals surface area contributed by atoms with Gasteiger partial charge >= 0.3 is 0 Å². The molecule has 0 aromatic heterocycles. The average Bonchev–Trinajstić information content (AvgIpc) is 2.85. The van der Waals surface area contributed by atoms with Crippen LogP contribution in [-0.2, 0) is 11.3 Å². The SMILES string of the molecule is CN(Cc1ccc(F)cc1)CC(O)C1CCOC1. The second-order valence-electron chi connectivity index (χ2n) is 5.01. The van der Waals surface area contributed by atoms with E-state index in [1.54, 1.807) is 12.1 Å². The lowest BCUT2D eigenvalue weighted by molar-refractivity contribution is 0.0615. The van der Waals surface area contributed by atoms with Crippen LogP contribution in [-0.4, -0.2) is 42.9 Å². The number of halogens is 1. The number of benzene rings is 1. The average molecular weight is 253 g/mol. The van der Waals surface area contributed by atoms with E-state index in [-0.39, 0.29) is 17.8 Å². The number of ether oxygens (including phenoxy) is 1. The van der Waals surface area contributed by atoms with E-state index < -0.39 is 0 Å². The molecule has 0 spiro atoms. The smallest absolute Gasteiger partial charge is 0.123 e. The van der Waals surface area contributed by atoms with Gasteiger partial charge in [-0.25, -0.2) is 4.39 Å². The third-order valence-corrected chi connectivity index (χ3v) is 3.37. The summed E-state index contributed by atoms with van der Waals surface area (Å²) in [5.74, 6) is 0.0326. The van der Waals surface area contributed by atoms with Crippen molar-refractivity contribution >= 4 is 0 Å². The van der Waals surface area contributed by atoms with E-state index >= 15 is 0 Å². The normalized spacial score (nSPS) is 21.4. The Morgan fingerprint density at radius 2 is 2.17 bits per heavy atom. The van der Waals surface area contributed by atoms with Gasteiger partial charge in [-0.05, 0) is 31.2 Å². The lowest BCUT2D eigenvalue weighted by Crippen LogP contribution is -2.34. The van der Waals surface area contributed by atoms with Gasteiger partial charge in [-0.1, -0.05) is 12.1 Å². The second-order valence-corrected chi connectivity index (χ2v) is 5.01. The molecule has 0 radical (unpaired) electrons. The van der Waals surface area contributed by atoms with Crippen molar-refractivity contribution < 1.29 is 14.2 Å². The summed E-state index contributed by atoms with van der Waals surface area (Å²) in [4.78, 5) is 2.05. The highest BCUT2D eigenvalue weighted by Crippen LogP contribution is 2.17. The molecule has 100 valence electrons. The molecule has 1 fully saturated rings. The van der Waals surface area contributed by atoms with Crippen LogP contribution in [0.25, 0.3) is 0 Å². The number of likely N-dealkylation sites (N-methyl/N-ethyl adjacent to an activating group) is 1. The fourth-order valence-corrected chi connectivity index (χ4v) is 2.29. The van der Waals surface area contributed by atoms with Gasteiger partial charge in [-0.2, -0.15) is 0 Å². The van der Waals surface area contributed by atoms with Gasteiger partial charge in [0.15, 0.2) is 0 Å². The van der Waals surface area contributed by atoms with Crippen molar-refractivity contribution in [1.82, 2.24) is 4.90 Å². The topological polar surface area (TPSA) is 32.7 Å². The molecule has 18 heavy (non-hydrogen) atoms. The van der Waals surface area contributed by atoms with Crippen LogP contribution >= 0.6 is 0 Å². The molecular formula is C14H20FNO2. The van der Waals surface area contributed by atoms with Gasteiger partial charge < -0.3 is 9.84 Å². The van der Waals surface area contributed by atoms with Gasteiger partial charge in [0.2, 0.25) is 0 Å². The van der Waals surface area contributed by atoms with Crippen molar-refractivity contribution in [2.45, 2.75) is 19.1 Å². The highest BCUT2D eigenvalue weighted by Gasteiger charge is 2.24. The zero-order chi connectivity index (χ0) is 13.0. The van der Waals surface area contributed by atoms with Crippen LogP contribution in [0.1, 0.15) is 12.0 Å². The Morgan fingerprint density at radius 1 is 1.44 bits per heavy atom. The molecule has 1 aliphatic rings. The summed E-state index contributed by atoms with van der Waals surface area (Å²) in [6.07, 6.45) is 0.587. The Morgan fingerprint density at radius 3 is 2.78 bits per heavy atom. The Bertz CT molecular complexity index is 363. The maximum atomic E-state index is 12.8. The van der Waals surface area contributed by atoms with Crippen molar-refractivity contribution in [1.29, 1.82) is 0 Å². The fraction of sp³-hybridized carbons (Fsp3) is 0.571. The van der Waals surface area contributed by atoms with E-state index in [1.807, 2.05) is 7.05 Å². The molecule has 3 nitrogen and oxygen atoms in total. The van der Waals surface area contributed by atoms with Crippen molar-refractivity contribution in [2.24, 2.45) is 5.92 Å². The Labute approximate surface area is 107 Å². The van der Waals surface area contributed by atoms with Crippen LogP contribution in [0.15, 0.2) is 24.3 Å². The first-order chi connectivity index (χ1) is 8.65. The summed E-state index contributed by atoms with van der Waals surface area (Å²) in [5.41, 5.74) is 1.05. The molecule has 1 N–H and O–H groups in total. The van der Waals surface area contributed by atoms with Crippen molar-refractivity contribution in [3.8, 4) is 0 Å². The molecule has 0 saturated carbocycles. The molecule has 0 bridgehead atoms. The first-order valence-corrected chi connectivity index (χ1v) is 6.34. The number of aliphatic hydroxyl groups is 1. The predicted molar refractivity (Wildman–Crippen MR) is 67.7 cm³/mol. The second kappa shape index (κ2) is 6.27. The summed E-state index contributed by atoms with van der Waals surface area (Å²) in [5, 5.41) is 10.1. The van der Waals surface area contributed by atoms with E-state index in [4.69, 9.17) is 4.74 Å². The highest BCUT2D eigenvalue weighted by atomic mass is 19.1. The number of nitrogens with zero attached hydrogens (tertiary/aromatic N) is 1. The molecule has 4 heteroatoms.